The summed E-state index contributed by atoms with van der Waals surface area (Å²) >= 11 is 0. The summed E-state index contributed by atoms with van der Waals surface area (Å²) in [6.07, 6.45) is -4.42. The Morgan fingerprint density at radius 1 is 1.00 bits per heavy atom. The Balaban J connectivity index is 0.000000537. The van der Waals surface area contributed by atoms with E-state index >= 15 is 0 Å². The zero-order valence-electron chi connectivity index (χ0n) is 16.3. The van der Waals surface area contributed by atoms with Crippen LogP contribution in [0.2, 0.25) is 0 Å². The molecule has 29 heavy (non-hydrogen) atoms. The molecule has 0 saturated heterocycles. The molecule has 0 fully saturated rings. The summed E-state index contributed by atoms with van der Waals surface area (Å²) in [6, 6.07) is 9.50. The van der Waals surface area contributed by atoms with Crippen molar-refractivity contribution in [3.05, 3.63) is 64.8 Å². The van der Waals surface area contributed by atoms with Crippen molar-refractivity contribution in [3.8, 4) is 5.75 Å². The highest BCUT2D eigenvalue weighted by atomic mass is 19.4. The Kier molecular flexibility index (Phi) is 6.68. The first-order valence-electron chi connectivity index (χ1n) is 8.51. The van der Waals surface area contributed by atoms with Gasteiger partial charge >= 0.3 is 12.1 Å². The molecule has 8 heteroatoms. The first kappa shape index (κ1) is 22.0. The summed E-state index contributed by atoms with van der Waals surface area (Å²) in [4.78, 5) is 25.4. The van der Waals surface area contributed by atoms with Crippen LogP contribution in [0.15, 0.2) is 42.5 Å². The number of esters is 1. The van der Waals surface area contributed by atoms with Gasteiger partial charge in [-0.3, -0.25) is 9.59 Å². The Morgan fingerprint density at radius 3 is 2.07 bits per heavy atom. The lowest BCUT2D eigenvalue weighted by molar-refractivity contribution is -0.138. The normalized spacial score (nSPS) is 10.9. The van der Waals surface area contributed by atoms with Gasteiger partial charge in [0.1, 0.15) is 5.75 Å². The molecule has 5 nitrogen and oxygen atoms in total. The molecule has 0 aliphatic rings. The van der Waals surface area contributed by atoms with Gasteiger partial charge in [-0.05, 0) is 31.2 Å². The molecule has 0 aliphatic carbocycles. The van der Waals surface area contributed by atoms with Gasteiger partial charge in [0.25, 0.3) is 0 Å². The van der Waals surface area contributed by atoms with E-state index in [4.69, 9.17) is 4.74 Å². The Bertz CT molecular complexity index is 1020. The summed E-state index contributed by atoms with van der Waals surface area (Å²) in [7, 11) is 2.90. The molecule has 3 aromatic rings. The Morgan fingerprint density at radius 2 is 1.59 bits per heavy atom. The Hall–Kier alpha value is -3.29. The number of carbonyl (C=O) groups excluding carboxylic acids is 2. The van der Waals surface area contributed by atoms with Crippen LogP contribution in [0.4, 0.5) is 13.2 Å². The fourth-order valence-electron chi connectivity index (χ4n) is 2.69. The van der Waals surface area contributed by atoms with Crippen LogP contribution in [0, 0.1) is 6.92 Å². The van der Waals surface area contributed by atoms with Crippen LogP contribution >= 0.6 is 0 Å². The zero-order valence-corrected chi connectivity index (χ0v) is 16.3. The molecule has 3 rings (SSSR count). The van der Waals surface area contributed by atoms with E-state index in [1.165, 1.54) is 26.2 Å². The second-order valence-corrected chi connectivity index (χ2v) is 6.14. The lowest BCUT2D eigenvalue weighted by atomic mass is 9.99. The minimum absolute atomic E-state index is 0.211. The summed E-state index contributed by atoms with van der Waals surface area (Å²) in [5.74, 6) is 0.0833. The minimum atomic E-state index is -4.42. The number of aromatic amines is 1. The number of ketones is 1. The van der Waals surface area contributed by atoms with E-state index in [9.17, 15) is 22.8 Å². The second kappa shape index (κ2) is 8.81. The first-order valence-corrected chi connectivity index (χ1v) is 8.51. The fraction of sp³-hybridized carbons (Fsp3) is 0.238. The number of hydrogen-bond acceptors (Lipinski definition) is 4. The minimum Gasteiger partial charge on any atom is -0.497 e. The van der Waals surface area contributed by atoms with Gasteiger partial charge in [-0.1, -0.05) is 12.1 Å². The van der Waals surface area contributed by atoms with E-state index in [1.807, 2.05) is 0 Å². The van der Waals surface area contributed by atoms with Crippen LogP contribution in [0.5, 0.6) is 5.75 Å². The smallest absolute Gasteiger partial charge is 0.416 e. The van der Waals surface area contributed by atoms with E-state index < -0.39 is 11.7 Å². The summed E-state index contributed by atoms with van der Waals surface area (Å²) < 4.78 is 47.2. The number of nitrogens with one attached hydrogen (secondary N) is 1. The number of halogens is 3. The number of benzene rings is 2. The predicted molar refractivity (Wildman–Crippen MR) is 102 cm³/mol. The van der Waals surface area contributed by atoms with Crippen molar-refractivity contribution in [2.45, 2.75) is 20.0 Å². The van der Waals surface area contributed by atoms with Crippen molar-refractivity contribution in [3.63, 3.8) is 0 Å². The van der Waals surface area contributed by atoms with Crippen LogP contribution in [0.1, 0.15) is 34.1 Å². The molecule has 2 aromatic carbocycles. The topological polar surface area (TPSA) is 68.4 Å². The van der Waals surface area contributed by atoms with E-state index in [0.29, 0.717) is 22.4 Å². The molecular formula is C21H20F3NO4. The molecular weight excluding hydrogens is 387 g/mol. The quantitative estimate of drug-likeness (QED) is 0.495. The fourth-order valence-corrected chi connectivity index (χ4v) is 2.69. The predicted octanol–water partition coefficient (Wildman–Crippen LogP) is 4.91. The summed E-state index contributed by atoms with van der Waals surface area (Å²) in [5, 5.41) is 0.707. The maximum atomic E-state index is 12.7. The van der Waals surface area contributed by atoms with Crippen LogP contribution in [0.3, 0.4) is 0 Å². The molecule has 1 N–H and O–H groups in total. The number of H-pyrrole nitrogens is 1. The van der Waals surface area contributed by atoms with Gasteiger partial charge in [0.05, 0.1) is 30.9 Å². The maximum absolute atomic E-state index is 12.7. The van der Waals surface area contributed by atoms with Crippen LogP contribution in [-0.2, 0) is 15.7 Å². The van der Waals surface area contributed by atoms with Crippen molar-refractivity contribution in [1.29, 1.82) is 0 Å². The van der Waals surface area contributed by atoms with Gasteiger partial charge in [0.15, 0.2) is 5.78 Å². The molecule has 0 amide bonds. The van der Waals surface area contributed by atoms with Crippen molar-refractivity contribution >= 4 is 22.7 Å². The molecule has 0 unspecified atom stereocenters. The molecule has 0 aliphatic heterocycles. The number of aryl methyl sites for hydroxylation is 1. The molecule has 0 atom stereocenters. The monoisotopic (exact) mass is 407 g/mol. The van der Waals surface area contributed by atoms with Crippen molar-refractivity contribution in [2.24, 2.45) is 0 Å². The lowest BCUT2D eigenvalue weighted by Crippen LogP contribution is -2.07. The third-order valence-corrected chi connectivity index (χ3v) is 4.18. The van der Waals surface area contributed by atoms with Gasteiger partial charge in [-0.25, -0.2) is 0 Å². The highest BCUT2D eigenvalue weighted by molar-refractivity contribution is 6.17. The molecule has 0 bridgehead atoms. The zero-order chi connectivity index (χ0) is 21.8. The first-order chi connectivity index (χ1) is 13.6. The van der Waals surface area contributed by atoms with Gasteiger partial charge in [0, 0.05) is 29.6 Å². The van der Waals surface area contributed by atoms with Crippen LogP contribution < -0.4 is 4.74 Å². The highest BCUT2D eigenvalue weighted by Gasteiger charge is 2.30. The van der Waals surface area contributed by atoms with Crippen molar-refractivity contribution < 1.29 is 32.2 Å². The molecule has 154 valence electrons. The largest absolute Gasteiger partial charge is 0.497 e. The van der Waals surface area contributed by atoms with Gasteiger partial charge < -0.3 is 14.5 Å². The van der Waals surface area contributed by atoms with Crippen molar-refractivity contribution in [1.82, 2.24) is 4.98 Å². The number of ether oxygens (including phenoxy) is 2. The SMILES string of the molecule is COC(C)=O.COc1ccc2c(C(=O)c3ccc(C(F)(F)F)cc3)c(C)[nH]c2c1. The molecule has 1 heterocycles. The van der Waals surface area contributed by atoms with E-state index in [-0.39, 0.29) is 17.3 Å². The summed E-state index contributed by atoms with van der Waals surface area (Å²) in [6.45, 7) is 3.11. The van der Waals surface area contributed by atoms with Crippen LogP contribution in [-0.4, -0.2) is 31.0 Å². The number of carbonyl (C=O) groups is 2. The van der Waals surface area contributed by atoms with E-state index in [0.717, 1.165) is 17.6 Å². The number of alkyl halides is 3. The average molecular weight is 407 g/mol. The lowest BCUT2D eigenvalue weighted by Gasteiger charge is -2.07. The third-order valence-electron chi connectivity index (χ3n) is 4.18. The van der Waals surface area contributed by atoms with Gasteiger partial charge in [0.2, 0.25) is 0 Å². The van der Waals surface area contributed by atoms with Crippen molar-refractivity contribution in [2.75, 3.05) is 14.2 Å². The standard InChI is InChI=1S/C18H14F3NO2.C3H6O2/c1-10-16(14-8-7-13(24-2)9-15(14)22-10)17(23)11-3-5-12(6-4-11)18(19,20)21;1-3(4)5-2/h3-9,22H,1-2H3;1-2H3. The van der Waals surface area contributed by atoms with Crippen LogP contribution in [0.25, 0.3) is 10.9 Å². The number of hydrogen-bond donors (Lipinski definition) is 1. The average Bonchev–Trinajstić information content (AvgIpc) is 3.01. The molecule has 0 radical (unpaired) electrons. The number of fused-ring (bicyclic) bond motifs is 1. The molecule has 0 saturated carbocycles. The summed E-state index contributed by atoms with van der Waals surface area (Å²) in [5.41, 5.74) is 1.28. The van der Waals surface area contributed by atoms with E-state index in [1.54, 1.807) is 32.2 Å². The Labute approximate surface area is 165 Å². The molecule has 1 aromatic heterocycles. The number of methoxy groups -OCH3 is 2. The highest BCUT2D eigenvalue weighted by Crippen LogP contribution is 2.31. The van der Waals surface area contributed by atoms with Gasteiger partial charge in [-0.2, -0.15) is 13.2 Å². The van der Waals surface area contributed by atoms with E-state index in [2.05, 4.69) is 9.72 Å². The third kappa shape index (κ3) is 5.16. The maximum Gasteiger partial charge on any atom is 0.416 e. The van der Waals surface area contributed by atoms with Gasteiger partial charge in [-0.15, -0.1) is 0 Å². The second-order valence-electron chi connectivity index (χ2n) is 6.14. The molecule has 0 spiro atoms. The number of aromatic nitrogens is 1. The number of rotatable bonds is 3.